The lowest BCUT2D eigenvalue weighted by Crippen LogP contribution is -2.33. The number of benzene rings is 1. The van der Waals surface area contributed by atoms with E-state index in [4.69, 9.17) is 9.47 Å². The maximum absolute atomic E-state index is 13.0. The van der Waals surface area contributed by atoms with Gasteiger partial charge in [-0.2, -0.15) is 10.1 Å². The monoisotopic (exact) mass is 354 g/mol. The molecule has 0 saturated carbocycles. The van der Waals surface area contributed by atoms with E-state index in [0.29, 0.717) is 35.6 Å². The molecular weight excluding hydrogens is 332 g/mol. The molecule has 0 spiro atoms. The van der Waals surface area contributed by atoms with Crippen LogP contribution in [0.5, 0.6) is 11.5 Å². The van der Waals surface area contributed by atoms with E-state index >= 15 is 0 Å². The maximum Gasteiger partial charge on any atom is 0.226 e. The Balaban J connectivity index is 1.96. The molecule has 2 aliphatic rings. The second-order valence-corrected chi connectivity index (χ2v) is 6.89. The minimum Gasteiger partial charge on any atom is -0.497 e. The summed E-state index contributed by atoms with van der Waals surface area (Å²) < 4.78 is 12.8. The number of methoxy groups -OCH3 is 2. The molecule has 4 rings (SSSR count). The van der Waals surface area contributed by atoms with Crippen molar-refractivity contribution in [3.05, 3.63) is 40.9 Å². The maximum atomic E-state index is 13.0. The molecule has 2 heterocycles. The Morgan fingerprint density at radius 1 is 1.23 bits per heavy atom. The summed E-state index contributed by atoms with van der Waals surface area (Å²) in [6.45, 7) is 3.94. The van der Waals surface area contributed by atoms with Crippen molar-refractivity contribution in [1.82, 2.24) is 14.8 Å². The van der Waals surface area contributed by atoms with Crippen LogP contribution in [-0.2, 0) is 4.79 Å². The third kappa shape index (κ3) is 2.55. The van der Waals surface area contributed by atoms with E-state index in [1.54, 1.807) is 18.9 Å². The second kappa shape index (κ2) is 6.16. The lowest BCUT2D eigenvalue weighted by Gasteiger charge is -2.34. The van der Waals surface area contributed by atoms with Gasteiger partial charge in [-0.1, -0.05) is 6.92 Å². The van der Waals surface area contributed by atoms with Crippen LogP contribution in [0.4, 0.5) is 5.95 Å². The lowest BCUT2D eigenvalue weighted by molar-refractivity contribution is -0.117. The number of anilines is 1. The highest BCUT2D eigenvalue weighted by atomic mass is 16.5. The topological polar surface area (TPSA) is 78.3 Å². The third-order valence-corrected chi connectivity index (χ3v) is 4.96. The van der Waals surface area contributed by atoms with E-state index in [1.807, 2.05) is 25.1 Å². The Bertz CT molecular complexity index is 916. The van der Waals surface area contributed by atoms with E-state index in [2.05, 4.69) is 22.3 Å². The van der Waals surface area contributed by atoms with Crippen LogP contribution in [0, 0.1) is 12.8 Å². The van der Waals surface area contributed by atoms with Crippen LogP contribution >= 0.6 is 0 Å². The van der Waals surface area contributed by atoms with Gasteiger partial charge in [0, 0.05) is 23.3 Å². The van der Waals surface area contributed by atoms with Gasteiger partial charge in [-0.25, -0.2) is 4.68 Å². The molecule has 0 bridgehead atoms. The molecular formula is C19H22N4O3. The van der Waals surface area contributed by atoms with Gasteiger partial charge in [-0.05, 0) is 37.5 Å². The smallest absolute Gasteiger partial charge is 0.226 e. The van der Waals surface area contributed by atoms with E-state index in [9.17, 15) is 4.79 Å². The molecule has 1 aromatic heterocycles. The lowest BCUT2D eigenvalue weighted by atomic mass is 9.81. The summed E-state index contributed by atoms with van der Waals surface area (Å²) in [5.41, 5.74) is 2.52. The number of aromatic nitrogens is 3. The molecule has 0 radical (unpaired) electrons. The van der Waals surface area contributed by atoms with Crippen molar-refractivity contribution in [2.45, 2.75) is 32.7 Å². The van der Waals surface area contributed by atoms with Crippen molar-refractivity contribution >= 4 is 11.7 Å². The number of fused-ring (bicyclic) bond motifs is 1. The Hall–Kier alpha value is -2.83. The number of carbonyl (C=O) groups excluding carboxylic acids is 1. The van der Waals surface area contributed by atoms with Crippen molar-refractivity contribution in [3.8, 4) is 11.5 Å². The molecule has 0 amide bonds. The number of nitrogens with zero attached hydrogens (tertiary/aromatic N) is 3. The molecule has 1 N–H and O–H groups in total. The molecule has 1 aliphatic carbocycles. The average Bonchev–Trinajstić information content (AvgIpc) is 2.98. The van der Waals surface area contributed by atoms with Crippen LogP contribution in [0.25, 0.3) is 0 Å². The molecule has 1 aliphatic heterocycles. The second-order valence-electron chi connectivity index (χ2n) is 6.89. The number of ether oxygens (including phenoxy) is 2. The van der Waals surface area contributed by atoms with Gasteiger partial charge in [0.05, 0.1) is 14.2 Å². The minimum absolute atomic E-state index is 0.139. The fourth-order valence-corrected chi connectivity index (χ4v) is 3.85. The normalized spacial score (nSPS) is 21.8. The zero-order chi connectivity index (χ0) is 18.4. The molecule has 26 heavy (non-hydrogen) atoms. The zero-order valence-corrected chi connectivity index (χ0v) is 15.4. The van der Waals surface area contributed by atoms with Crippen molar-refractivity contribution in [1.29, 1.82) is 0 Å². The first-order chi connectivity index (χ1) is 12.5. The summed E-state index contributed by atoms with van der Waals surface area (Å²) in [7, 11) is 3.25. The number of carbonyl (C=O) groups is 1. The van der Waals surface area contributed by atoms with Gasteiger partial charge in [0.1, 0.15) is 23.4 Å². The summed E-state index contributed by atoms with van der Waals surface area (Å²) >= 11 is 0. The van der Waals surface area contributed by atoms with Crippen LogP contribution in [0.2, 0.25) is 0 Å². The van der Waals surface area contributed by atoms with Crippen molar-refractivity contribution in [2.75, 3.05) is 19.5 Å². The SMILES string of the molecule is COc1ccc(OC)c([C@H]2C3=C(C[C@@H](C)CC3=O)Nc3nc(C)nn32)c1. The highest BCUT2D eigenvalue weighted by molar-refractivity contribution is 5.99. The Morgan fingerprint density at radius 2 is 2.04 bits per heavy atom. The quantitative estimate of drug-likeness (QED) is 0.913. The summed E-state index contributed by atoms with van der Waals surface area (Å²) in [4.78, 5) is 17.5. The van der Waals surface area contributed by atoms with Crippen LogP contribution in [0.1, 0.15) is 37.2 Å². The van der Waals surface area contributed by atoms with Gasteiger partial charge < -0.3 is 14.8 Å². The van der Waals surface area contributed by atoms with Gasteiger partial charge in [-0.15, -0.1) is 0 Å². The largest absolute Gasteiger partial charge is 0.497 e. The predicted octanol–water partition coefficient (Wildman–Crippen LogP) is 2.87. The first kappa shape index (κ1) is 16.6. The van der Waals surface area contributed by atoms with Crippen LogP contribution < -0.4 is 14.8 Å². The van der Waals surface area contributed by atoms with E-state index in [1.165, 1.54) is 0 Å². The number of aryl methyl sites for hydroxylation is 1. The summed E-state index contributed by atoms with van der Waals surface area (Å²) in [5.74, 6) is 3.14. The summed E-state index contributed by atoms with van der Waals surface area (Å²) in [6.07, 6.45) is 1.35. The number of Topliss-reactive ketones (excluding diaryl/α,β-unsaturated/α-hetero) is 1. The van der Waals surface area contributed by atoms with Gasteiger partial charge in [0.2, 0.25) is 5.95 Å². The van der Waals surface area contributed by atoms with Crippen molar-refractivity contribution in [3.63, 3.8) is 0 Å². The molecule has 7 nitrogen and oxygen atoms in total. The first-order valence-electron chi connectivity index (χ1n) is 8.70. The van der Waals surface area contributed by atoms with Crippen molar-refractivity contribution in [2.24, 2.45) is 5.92 Å². The first-order valence-corrected chi connectivity index (χ1v) is 8.70. The summed E-state index contributed by atoms with van der Waals surface area (Å²) in [6, 6.07) is 5.23. The Morgan fingerprint density at radius 3 is 2.77 bits per heavy atom. The highest BCUT2D eigenvalue weighted by Gasteiger charge is 2.39. The van der Waals surface area contributed by atoms with Gasteiger partial charge in [-0.3, -0.25) is 4.79 Å². The number of allylic oxidation sites excluding steroid dienone is 2. The van der Waals surface area contributed by atoms with Gasteiger partial charge >= 0.3 is 0 Å². The zero-order valence-electron chi connectivity index (χ0n) is 15.4. The summed E-state index contributed by atoms with van der Waals surface area (Å²) in [5, 5.41) is 7.87. The molecule has 0 fully saturated rings. The molecule has 136 valence electrons. The van der Waals surface area contributed by atoms with E-state index < -0.39 is 0 Å². The molecule has 0 saturated heterocycles. The molecule has 1 aromatic carbocycles. The Kier molecular flexibility index (Phi) is 3.94. The minimum atomic E-state index is -0.382. The molecule has 2 aromatic rings. The Labute approximate surface area is 152 Å². The van der Waals surface area contributed by atoms with Crippen molar-refractivity contribution < 1.29 is 14.3 Å². The standard InChI is InChI=1S/C19H22N4O3/c1-10-7-14-17(15(24)8-10)18(23-19(21-14)20-11(2)22-23)13-9-12(25-3)5-6-16(13)26-4/h5-6,9-10,18H,7-8H2,1-4H3,(H,20,21,22)/t10-,18+/m1/s1. The van der Waals surface area contributed by atoms with Gasteiger partial charge in [0.25, 0.3) is 0 Å². The van der Waals surface area contributed by atoms with Crippen LogP contribution in [0.3, 0.4) is 0 Å². The molecule has 0 unspecified atom stereocenters. The van der Waals surface area contributed by atoms with Gasteiger partial charge in [0.15, 0.2) is 5.78 Å². The highest BCUT2D eigenvalue weighted by Crippen LogP contribution is 2.44. The predicted molar refractivity (Wildman–Crippen MR) is 96.5 cm³/mol. The number of nitrogens with one attached hydrogen (secondary N) is 1. The number of rotatable bonds is 3. The fraction of sp³-hybridized carbons (Fsp3) is 0.421. The number of hydrogen-bond acceptors (Lipinski definition) is 6. The van der Waals surface area contributed by atoms with E-state index in [0.717, 1.165) is 23.3 Å². The third-order valence-electron chi connectivity index (χ3n) is 4.96. The van der Waals surface area contributed by atoms with E-state index in [-0.39, 0.29) is 11.8 Å². The average molecular weight is 354 g/mol. The molecule has 7 heteroatoms. The molecule has 2 atom stereocenters. The van der Waals surface area contributed by atoms with Crippen LogP contribution in [0.15, 0.2) is 29.5 Å². The number of ketones is 1. The van der Waals surface area contributed by atoms with Crippen LogP contribution in [-0.4, -0.2) is 34.8 Å². The number of hydrogen-bond donors (Lipinski definition) is 1. The fourth-order valence-electron chi connectivity index (χ4n) is 3.85.